The molecule has 8 heteroatoms. The van der Waals surface area contributed by atoms with Gasteiger partial charge >= 0.3 is 5.97 Å². The zero-order valence-electron chi connectivity index (χ0n) is 20.4. The number of carbonyl (C=O) groups excluding carboxylic acids is 2. The number of carboxylic acid groups (broad SMARTS) is 1. The molecule has 1 aliphatic rings. The van der Waals surface area contributed by atoms with Crippen molar-refractivity contribution in [1.82, 2.24) is 9.88 Å². The van der Waals surface area contributed by atoms with Crippen molar-refractivity contribution in [3.63, 3.8) is 0 Å². The van der Waals surface area contributed by atoms with Gasteiger partial charge in [-0.25, -0.2) is 4.79 Å². The normalized spacial score (nSPS) is 14.9. The van der Waals surface area contributed by atoms with Crippen LogP contribution in [0.3, 0.4) is 0 Å². The lowest BCUT2D eigenvalue weighted by molar-refractivity contribution is -0.122. The van der Waals surface area contributed by atoms with Gasteiger partial charge in [-0.1, -0.05) is 25.5 Å². The molecule has 0 atom stereocenters. The van der Waals surface area contributed by atoms with Crippen LogP contribution in [-0.4, -0.2) is 32.6 Å². The third-order valence-electron chi connectivity index (χ3n) is 6.26. The summed E-state index contributed by atoms with van der Waals surface area (Å²) in [5.41, 5.74) is 5.13. The van der Waals surface area contributed by atoms with Crippen molar-refractivity contribution in [2.24, 2.45) is 0 Å². The third-order valence-corrected chi connectivity index (χ3v) is 6.54. The second kappa shape index (κ2) is 10.3. The number of rotatable bonds is 7. The van der Waals surface area contributed by atoms with Crippen LogP contribution in [0.15, 0.2) is 60.2 Å². The SMILES string of the molecule is CCCCc1ccc(N2C(=O)/C(=C\c3cc(C)n(-c4ccc(C(=O)O)cc4)c3C)C(=O)NC2=S)cc1. The first kappa shape index (κ1) is 25.1. The quantitative estimate of drug-likeness (QED) is 0.271. The maximum absolute atomic E-state index is 13.4. The summed E-state index contributed by atoms with van der Waals surface area (Å²) in [5.74, 6) is -2.02. The van der Waals surface area contributed by atoms with Gasteiger partial charge in [-0.05, 0) is 98.6 Å². The molecule has 0 unspecified atom stereocenters. The second-order valence-electron chi connectivity index (χ2n) is 8.74. The van der Waals surface area contributed by atoms with E-state index in [1.54, 1.807) is 30.3 Å². The minimum absolute atomic E-state index is 0.0138. The summed E-state index contributed by atoms with van der Waals surface area (Å²) in [6, 6.07) is 16.1. The summed E-state index contributed by atoms with van der Waals surface area (Å²) >= 11 is 5.33. The number of nitrogens with zero attached hydrogens (tertiary/aromatic N) is 2. The molecule has 2 amide bonds. The smallest absolute Gasteiger partial charge is 0.335 e. The van der Waals surface area contributed by atoms with Gasteiger partial charge in [-0.2, -0.15) is 0 Å². The van der Waals surface area contributed by atoms with E-state index in [2.05, 4.69) is 12.2 Å². The third kappa shape index (κ3) is 4.85. The van der Waals surface area contributed by atoms with Gasteiger partial charge in [0, 0.05) is 17.1 Å². The maximum Gasteiger partial charge on any atom is 0.335 e. The minimum atomic E-state index is -0.993. The summed E-state index contributed by atoms with van der Waals surface area (Å²) in [7, 11) is 0. The number of aromatic carboxylic acids is 1. The number of aromatic nitrogens is 1. The molecule has 1 fully saturated rings. The first-order valence-electron chi connectivity index (χ1n) is 11.7. The average molecular weight is 502 g/mol. The molecule has 1 aliphatic heterocycles. The first-order chi connectivity index (χ1) is 17.2. The maximum atomic E-state index is 13.4. The summed E-state index contributed by atoms with van der Waals surface area (Å²) in [4.78, 5) is 38.7. The van der Waals surface area contributed by atoms with E-state index < -0.39 is 17.8 Å². The van der Waals surface area contributed by atoms with Crippen molar-refractivity contribution in [2.45, 2.75) is 40.0 Å². The monoisotopic (exact) mass is 501 g/mol. The number of anilines is 1. The predicted molar refractivity (Wildman–Crippen MR) is 143 cm³/mol. The number of benzene rings is 2. The predicted octanol–water partition coefficient (Wildman–Crippen LogP) is 4.97. The number of amides is 2. The lowest BCUT2D eigenvalue weighted by atomic mass is 10.1. The molecule has 0 aliphatic carbocycles. The summed E-state index contributed by atoms with van der Waals surface area (Å²) < 4.78 is 1.95. The molecule has 0 spiro atoms. The molecule has 36 heavy (non-hydrogen) atoms. The number of hydrogen-bond donors (Lipinski definition) is 2. The largest absolute Gasteiger partial charge is 0.478 e. The zero-order valence-corrected chi connectivity index (χ0v) is 21.2. The molecule has 0 radical (unpaired) electrons. The highest BCUT2D eigenvalue weighted by Crippen LogP contribution is 2.26. The van der Waals surface area contributed by atoms with Crippen molar-refractivity contribution in [2.75, 3.05) is 4.90 Å². The van der Waals surface area contributed by atoms with Crippen molar-refractivity contribution in [1.29, 1.82) is 0 Å². The highest BCUT2D eigenvalue weighted by Gasteiger charge is 2.34. The fourth-order valence-corrected chi connectivity index (χ4v) is 4.61. The molecule has 0 bridgehead atoms. The van der Waals surface area contributed by atoms with Crippen LogP contribution in [0.1, 0.15) is 52.6 Å². The van der Waals surface area contributed by atoms with Crippen LogP contribution < -0.4 is 10.2 Å². The van der Waals surface area contributed by atoms with Crippen molar-refractivity contribution < 1.29 is 19.5 Å². The van der Waals surface area contributed by atoms with Gasteiger partial charge in [-0.3, -0.25) is 19.8 Å². The molecule has 1 aromatic heterocycles. The number of carboxylic acids is 1. The number of nitrogens with one attached hydrogen (secondary N) is 1. The fourth-order valence-electron chi connectivity index (χ4n) is 4.32. The molecule has 2 heterocycles. The number of carbonyl (C=O) groups is 3. The van der Waals surface area contributed by atoms with Gasteiger partial charge in [0.1, 0.15) is 5.57 Å². The Morgan fingerprint density at radius 1 is 1.03 bits per heavy atom. The van der Waals surface area contributed by atoms with Crippen molar-refractivity contribution >= 4 is 46.9 Å². The molecule has 4 rings (SSSR count). The summed E-state index contributed by atoms with van der Waals surface area (Å²) in [6.07, 6.45) is 4.73. The Labute approximate surface area is 215 Å². The van der Waals surface area contributed by atoms with Gasteiger partial charge in [0.15, 0.2) is 5.11 Å². The van der Waals surface area contributed by atoms with Crippen LogP contribution in [0, 0.1) is 13.8 Å². The molecule has 2 N–H and O–H groups in total. The van der Waals surface area contributed by atoms with Gasteiger partial charge in [0.25, 0.3) is 11.8 Å². The Morgan fingerprint density at radius 2 is 1.67 bits per heavy atom. The van der Waals surface area contributed by atoms with Crippen LogP contribution in [0.4, 0.5) is 5.69 Å². The van der Waals surface area contributed by atoms with Crippen molar-refractivity contribution in [3.8, 4) is 5.69 Å². The minimum Gasteiger partial charge on any atom is -0.478 e. The molecule has 3 aromatic rings. The first-order valence-corrected chi connectivity index (χ1v) is 12.1. The van der Waals surface area contributed by atoms with Crippen LogP contribution >= 0.6 is 12.2 Å². The number of thiocarbonyl (C=S) groups is 1. The zero-order chi connectivity index (χ0) is 26.0. The molecule has 7 nitrogen and oxygen atoms in total. The Balaban J connectivity index is 1.67. The Morgan fingerprint density at radius 3 is 2.28 bits per heavy atom. The number of unbranched alkanes of at least 4 members (excludes halogenated alkanes) is 1. The summed E-state index contributed by atoms with van der Waals surface area (Å²) in [6.45, 7) is 5.93. The van der Waals surface area contributed by atoms with E-state index in [1.807, 2.05) is 48.7 Å². The van der Waals surface area contributed by atoms with Crippen LogP contribution in [0.25, 0.3) is 11.8 Å². The lowest BCUT2D eigenvalue weighted by Crippen LogP contribution is -2.54. The van der Waals surface area contributed by atoms with Gasteiger partial charge in [-0.15, -0.1) is 0 Å². The van der Waals surface area contributed by atoms with E-state index in [1.165, 1.54) is 10.5 Å². The molecular formula is C28H27N3O4S. The van der Waals surface area contributed by atoms with E-state index in [9.17, 15) is 14.4 Å². The Kier molecular flexibility index (Phi) is 7.17. The molecular weight excluding hydrogens is 474 g/mol. The van der Waals surface area contributed by atoms with Gasteiger partial charge in [0.2, 0.25) is 0 Å². The number of hydrogen-bond acceptors (Lipinski definition) is 4. The molecule has 2 aromatic carbocycles. The Hall–Kier alpha value is -4.04. The standard InChI is InChI=1S/C28H27N3O4S/c1-4-5-6-19-7-11-23(12-8-19)31-26(33)24(25(32)29-28(31)36)16-21-15-17(2)30(18(21)3)22-13-9-20(10-14-22)27(34)35/h7-16H,4-6H2,1-3H3,(H,34,35)(H,29,32,36)/b24-16-. The number of aryl methyl sites for hydroxylation is 2. The van der Waals surface area contributed by atoms with Crippen LogP contribution in [0.5, 0.6) is 0 Å². The molecule has 1 saturated heterocycles. The van der Waals surface area contributed by atoms with Gasteiger partial charge in [0.05, 0.1) is 11.3 Å². The van der Waals surface area contributed by atoms with Crippen LogP contribution in [-0.2, 0) is 16.0 Å². The topological polar surface area (TPSA) is 91.6 Å². The highest BCUT2D eigenvalue weighted by atomic mass is 32.1. The lowest BCUT2D eigenvalue weighted by Gasteiger charge is -2.29. The summed E-state index contributed by atoms with van der Waals surface area (Å²) in [5, 5.41) is 11.8. The van der Waals surface area contributed by atoms with E-state index >= 15 is 0 Å². The fraction of sp³-hybridized carbons (Fsp3) is 0.214. The van der Waals surface area contributed by atoms with Crippen molar-refractivity contribution in [3.05, 3.63) is 88.2 Å². The second-order valence-corrected chi connectivity index (χ2v) is 9.13. The van der Waals surface area contributed by atoms with Crippen LogP contribution in [0.2, 0.25) is 0 Å². The highest BCUT2D eigenvalue weighted by molar-refractivity contribution is 7.80. The van der Waals surface area contributed by atoms with E-state index in [0.29, 0.717) is 11.3 Å². The molecule has 184 valence electrons. The molecule has 0 saturated carbocycles. The van der Waals surface area contributed by atoms with Gasteiger partial charge < -0.3 is 9.67 Å². The van der Waals surface area contributed by atoms with E-state index in [4.69, 9.17) is 17.3 Å². The average Bonchev–Trinajstić information content (AvgIpc) is 3.13. The van der Waals surface area contributed by atoms with E-state index in [-0.39, 0.29) is 16.2 Å². The Bertz CT molecular complexity index is 1390. The van der Waals surface area contributed by atoms with E-state index in [0.717, 1.165) is 36.3 Å².